The number of pyridine rings is 1. The Morgan fingerprint density at radius 2 is 1.77 bits per heavy atom. The third kappa shape index (κ3) is 6.85. The van der Waals surface area contributed by atoms with Gasteiger partial charge in [-0.15, -0.1) is 0 Å². The Morgan fingerprint density at radius 3 is 2.57 bits per heavy atom. The third-order valence-electron chi connectivity index (χ3n) is 6.10. The molecule has 0 unspecified atom stereocenters. The van der Waals surface area contributed by atoms with Crippen molar-refractivity contribution in [2.45, 2.75) is 26.4 Å². The van der Waals surface area contributed by atoms with E-state index in [1.165, 1.54) is 5.56 Å². The number of ether oxygens (including phenoxy) is 2. The van der Waals surface area contributed by atoms with Gasteiger partial charge in [0.05, 0.1) is 37.0 Å². The molecule has 0 fully saturated rings. The number of hydrogen-bond acceptors (Lipinski definition) is 5. The van der Waals surface area contributed by atoms with E-state index in [1.54, 1.807) is 7.11 Å². The molecule has 0 bridgehead atoms. The molecule has 4 aromatic rings. The molecule has 0 spiro atoms. The monoisotopic (exact) mass is 491 g/mol. The van der Waals surface area contributed by atoms with Crippen molar-refractivity contribution in [2.75, 3.05) is 45.2 Å². The molecule has 6 heteroatoms. The van der Waals surface area contributed by atoms with Crippen LogP contribution in [0.2, 0.25) is 5.02 Å². The number of rotatable bonds is 13. The summed E-state index contributed by atoms with van der Waals surface area (Å²) < 4.78 is 11.4. The zero-order valence-electron chi connectivity index (χ0n) is 20.6. The number of halogens is 1. The molecule has 0 radical (unpaired) electrons. The van der Waals surface area contributed by atoms with E-state index in [2.05, 4.69) is 41.4 Å². The minimum atomic E-state index is 0.665. The van der Waals surface area contributed by atoms with Crippen LogP contribution in [0.5, 0.6) is 5.75 Å². The Morgan fingerprint density at radius 1 is 0.914 bits per heavy atom. The van der Waals surface area contributed by atoms with Crippen LogP contribution in [0.1, 0.15) is 25.3 Å². The minimum Gasteiger partial charge on any atom is -0.497 e. The Labute approximate surface area is 213 Å². The van der Waals surface area contributed by atoms with Gasteiger partial charge in [-0.1, -0.05) is 48.9 Å². The first-order valence-corrected chi connectivity index (χ1v) is 12.7. The fraction of sp³-hybridized carbons (Fsp3) is 0.345. The smallest absolute Gasteiger partial charge is 0.119 e. The zero-order chi connectivity index (χ0) is 24.5. The van der Waals surface area contributed by atoms with Crippen molar-refractivity contribution in [3.63, 3.8) is 0 Å². The summed E-state index contributed by atoms with van der Waals surface area (Å²) in [6.07, 6.45) is 2.16. The first kappa shape index (κ1) is 25.2. The van der Waals surface area contributed by atoms with Gasteiger partial charge in [0.2, 0.25) is 0 Å². The highest BCUT2D eigenvalue weighted by atomic mass is 35.5. The standard InChI is InChI=1S/C29H34ClN3O2/c1-3-15-33(17-18-35-21-22-8-5-4-6-9-22)16-7-14-31-29-25-12-10-23(30)19-28(25)32-27-13-11-24(34-2)20-26(27)29/h4-6,8-13,19-20H,3,7,14-18,21H2,1-2H3,(H,31,32). The Kier molecular flexibility index (Phi) is 9.18. The van der Waals surface area contributed by atoms with Gasteiger partial charge >= 0.3 is 0 Å². The predicted molar refractivity (Wildman–Crippen MR) is 147 cm³/mol. The average Bonchev–Trinajstić information content (AvgIpc) is 2.88. The van der Waals surface area contributed by atoms with Gasteiger partial charge in [-0.3, -0.25) is 0 Å². The maximum Gasteiger partial charge on any atom is 0.119 e. The van der Waals surface area contributed by atoms with Crippen LogP contribution >= 0.6 is 11.6 Å². The number of fused-ring (bicyclic) bond motifs is 2. The molecule has 35 heavy (non-hydrogen) atoms. The van der Waals surface area contributed by atoms with Gasteiger partial charge in [-0.2, -0.15) is 0 Å². The van der Waals surface area contributed by atoms with Crippen molar-refractivity contribution in [3.05, 3.63) is 77.3 Å². The molecule has 0 saturated carbocycles. The summed E-state index contributed by atoms with van der Waals surface area (Å²) in [4.78, 5) is 7.30. The van der Waals surface area contributed by atoms with Crippen molar-refractivity contribution >= 4 is 39.1 Å². The molecular formula is C29H34ClN3O2. The quantitative estimate of drug-likeness (QED) is 0.165. The normalized spacial score (nSPS) is 11.4. The molecule has 0 atom stereocenters. The van der Waals surface area contributed by atoms with Crippen LogP contribution in [0.3, 0.4) is 0 Å². The van der Waals surface area contributed by atoms with E-state index >= 15 is 0 Å². The summed E-state index contributed by atoms with van der Waals surface area (Å²) >= 11 is 6.25. The number of benzene rings is 3. The van der Waals surface area contributed by atoms with Crippen LogP contribution in [0.25, 0.3) is 21.8 Å². The molecule has 0 amide bonds. The fourth-order valence-corrected chi connectivity index (χ4v) is 4.51. The van der Waals surface area contributed by atoms with Crippen molar-refractivity contribution < 1.29 is 9.47 Å². The van der Waals surface area contributed by atoms with Crippen LogP contribution in [-0.2, 0) is 11.3 Å². The van der Waals surface area contributed by atoms with E-state index < -0.39 is 0 Å². The lowest BCUT2D eigenvalue weighted by Crippen LogP contribution is -2.30. The van der Waals surface area contributed by atoms with Crippen molar-refractivity contribution in [3.8, 4) is 5.75 Å². The fourth-order valence-electron chi connectivity index (χ4n) is 4.34. The Hall–Kier alpha value is -2.86. The first-order valence-electron chi connectivity index (χ1n) is 12.3. The average molecular weight is 492 g/mol. The highest BCUT2D eigenvalue weighted by Gasteiger charge is 2.11. The summed E-state index contributed by atoms with van der Waals surface area (Å²) in [5.41, 5.74) is 4.11. The molecule has 0 aliphatic heterocycles. The van der Waals surface area contributed by atoms with Crippen molar-refractivity contribution in [1.29, 1.82) is 0 Å². The Balaban J connectivity index is 1.37. The van der Waals surface area contributed by atoms with E-state index in [-0.39, 0.29) is 0 Å². The lowest BCUT2D eigenvalue weighted by molar-refractivity contribution is 0.0923. The molecule has 0 aliphatic rings. The van der Waals surface area contributed by atoms with E-state index in [0.717, 1.165) is 78.9 Å². The summed E-state index contributed by atoms with van der Waals surface area (Å²) in [6.45, 7) is 7.53. The highest BCUT2D eigenvalue weighted by Crippen LogP contribution is 2.34. The summed E-state index contributed by atoms with van der Waals surface area (Å²) in [6, 6.07) is 22.2. The molecule has 1 N–H and O–H groups in total. The minimum absolute atomic E-state index is 0.665. The van der Waals surface area contributed by atoms with Gasteiger partial charge in [-0.05, 0) is 67.9 Å². The maximum absolute atomic E-state index is 6.25. The van der Waals surface area contributed by atoms with Gasteiger partial charge in [-0.25, -0.2) is 4.98 Å². The maximum atomic E-state index is 6.25. The van der Waals surface area contributed by atoms with Gasteiger partial charge in [0, 0.05) is 28.9 Å². The summed E-state index contributed by atoms with van der Waals surface area (Å²) in [7, 11) is 1.69. The molecular weight excluding hydrogens is 458 g/mol. The predicted octanol–water partition coefficient (Wildman–Crippen LogP) is 6.78. The Bertz CT molecular complexity index is 1230. The van der Waals surface area contributed by atoms with Crippen LogP contribution in [0.15, 0.2) is 66.7 Å². The molecule has 0 aliphatic carbocycles. The highest BCUT2D eigenvalue weighted by molar-refractivity contribution is 6.31. The molecule has 0 saturated heterocycles. The van der Waals surface area contributed by atoms with Crippen molar-refractivity contribution in [2.24, 2.45) is 0 Å². The second kappa shape index (κ2) is 12.7. The van der Waals surface area contributed by atoms with Crippen LogP contribution < -0.4 is 10.1 Å². The van der Waals surface area contributed by atoms with Gasteiger partial charge in [0.15, 0.2) is 0 Å². The van der Waals surface area contributed by atoms with E-state index in [9.17, 15) is 0 Å². The molecule has 1 aromatic heterocycles. The van der Waals surface area contributed by atoms with E-state index in [1.807, 2.05) is 42.5 Å². The van der Waals surface area contributed by atoms with Crippen LogP contribution in [0, 0.1) is 0 Å². The number of methoxy groups -OCH3 is 1. The van der Waals surface area contributed by atoms with Crippen LogP contribution in [-0.4, -0.2) is 49.8 Å². The molecule has 184 valence electrons. The number of nitrogens with one attached hydrogen (secondary N) is 1. The SMILES string of the molecule is CCCN(CCCNc1c2ccc(Cl)cc2nc2ccc(OC)cc12)CCOCc1ccccc1. The summed E-state index contributed by atoms with van der Waals surface area (Å²) in [5.74, 6) is 0.820. The molecule has 1 heterocycles. The van der Waals surface area contributed by atoms with Gasteiger partial charge in [0.1, 0.15) is 5.75 Å². The number of aromatic nitrogens is 1. The zero-order valence-corrected chi connectivity index (χ0v) is 21.4. The molecule has 5 nitrogen and oxygen atoms in total. The van der Waals surface area contributed by atoms with Crippen molar-refractivity contribution in [1.82, 2.24) is 9.88 Å². The first-order chi connectivity index (χ1) is 17.2. The third-order valence-corrected chi connectivity index (χ3v) is 6.33. The number of hydrogen-bond donors (Lipinski definition) is 1. The van der Waals surface area contributed by atoms with Gasteiger partial charge < -0.3 is 19.7 Å². The second-order valence-corrected chi connectivity index (χ2v) is 9.13. The largest absolute Gasteiger partial charge is 0.497 e. The number of nitrogens with zero attached hydrogens (tertiary/aromatic N) is 2. The lowest BCUT2D eigenvalue weighted by Gasteiger charge is -2.22. The number of anilines is 1. The second-order valence-electron chi connectivity index (χ2n) is 8.69. The van der Waals surface area contributed by atoms with Gasteiger partial charge in [0.25, 0.3) is 0 Å². The van der Waals surface area contributed by atoms with E-state index in [0.29, 0.717) is 11.6 Å². The lowest BCUT2D eigenvalue weighted by atomic mass is 10.1. The molecule has 4 rings (SSSR count). The van der Waals surface area contributed by atoms with E-state index in [4.69, 9.17) is 26.1 Å². The summed E-state index contributed by atoms with van der Waals surface area (Å²) in [5, 5.41) is 6.50. The topological polar surface area (TPSA) is 46.6 Å². The molecule has 3 aromatic carbocycles. The van der Waals surface area contributed by atoms with Crippen LogP contribution in [0.4, 0.5) is 5.69 Å².